The maximum Gasteiger partial charge on any atom is 0.352 e. The summed E-state index contributed by atoms with van der Waals surface area (Å²) < 4.78 is 16.3. The SMILES string of the molecule is COc1cc(COc2ccc(/C=C(\NC(=O)c3ccccc3)C(=O)O)cc2)cc(OC)c1. The van der Waals surface area contributed by atoms with Gasteiger partial charge in [-0.2, -0.15) is 0 Å². The third-order valence-electron chi connectivity index (χ3n) is 4.52. The molecular weight excluding hydrogens is 410 g/mol. The summed E-state index contributed by atoms with van der Waals surface area (Å²) in [5.74, 6) is 0.216. The van der Waals surface area contributed by atoms with Crippen molar-refractivity contribution in [2.24, 2.45) is 0 Å². The molecule has 0 saturated carbocycles. The van der Waals surface area contributed by atoms with E-state index in [1.54, 1.807) is 74.9 Å². The Morgan fingerprint density at radius 1 is 0.875 bits per heavy atom. The zero-order chi connectivity index (χ0) is 22.9. The Morgan fingerprint density at radius 2 is 1.50 bits per heavy atom. The van der Waals surface area contributed by atoms with Crippen molar-refractivity contribution in [3.05, 3.63) is 95.2 Å². The molecule has 0 spiro atoms. The zero-order valence-corrected chi connectivity index (χ0v) is 17.7. The van der Waals surface area contributed by atoms with E-state index in [2.05, 4.69) is 5.32 Å². The van der Waals surface area contributed by atoms with Gasteiger partial charge in [0.1, 0.15) is 29.6 Å². The van der Waals surface area contributed by atoms with Crippen LogP contribution in [0, 0.1) is 0 Å². The van der Waals surface area contributed by atoms with Crippen molar-refractivity contribution in [2.75, 3.05) is 14.2 Å². The van der Waals surface area contributed by atoms with Crippen molar-refractivity contribution in [1.29, 1.82) is 0 Å². The molecule has 0 aliphatic heterocycles. The van der Waals surface area contributed by atoms with Gasteiger partial charge in [-0.3, -0.25) is 4.79 Å². The van der Waals surface area contributed by atoms with Gasteiger partial charge in [-0.05, 0) is 53.6 Å². The highest BCUT2D eigenvalue weighted by molar-refractivity contribution is 6.02. The standard InChI is InChI=1S/C25H23NO6/c1-30-21-12-18(13-22(15-21)31-2)16-32-20-10-8-17(9-11-20)14-23(25(28)29)26-24(27)19-6-4-3-5-7-19/h3-15H,16H2,1-2H3,(H,26,27)(H,28,29)/b23-14-. The lowest BCUT2D eigenvalue weighted by Gasteiger charge is -2.10. The minimum Gasteiger partial charge on any atom is -0.497 e. The third-order valence-corrected chi connectivity index (χ3v) is 4.52. The predicted octanol–water partition coefficient (Wildman–Crippen LogP) is 4.14. The zero-order valence-electron chi connectivity index (χ0n) is 17.7. The Hall–Kier alpha value is -4.26. The van der Waals surface area contributed by atoms with Gasteiger partial charge in [-0.1, -0.05) is 30.3 Å². The molecule has 0 aliphatic rings. The number of aliphatic carboxylic acids is 1. The van der Waals surface area contributed by atoms with Gasteiger partial charge >= 0.3 is 5.97 Å². The van der Waals surface area contributed by atoms with E-state index in [1.165, 1.54) is 6.08 Å². The third kappa shape index (κ3) is 6.12. The van der Waals surface area contributed by atoms with Gasteiger partial charge in [0.15, 0.2) is 0 Å². The van der Waals surface area contributed by atoms with Gasteiger partial charge in [0.2, 0.25) is 0 Å². The Morgan fingerprint density at radius 3 is 2.06 bits per heavy atom. The van der Waals surface area contributed by atoms with Crippen molar-refractivity contribution in [2.45, 2.75) is 6.61 Å². The highest BCUT2D eigenvalue weighted by Crippen LogP contribution is 2.24. The second kappa shape index (κ2) is 10.7. The van der Waals surface area contributed by atoms with Gasteiger partial charge in [-0.25, -0.2) is 4.79 Å². The monoisotopic (exact) mass is 433 g/mol. The molecule has 164 valence electrons. The van der Waals surface area contributed by atoms with E-state index in [-0.39, 0.29) is 5.70 Å². The van der Waals surface area contributed by atoms with Crippen LogP contribution in [0.4, 0.5) is 0 Å². The van der Waals surface area contributed by atoms with Gasteiger partial charge < -0.3 is 24.6 Å². The normalized spacial score (nSPS) is 10.9. The number of rotatable bonds is 9. The number of nitrogens with one attached hydrogen (secondary N) is 1. The number of carboxylic acids is 1. The van der Waals surface area contributed by atoms with Gasteiger partial charge in [-0.15, -0.1) is 0 Å². The summed E-state index contributed by atoms with van der Waals surface area (Å²) in [6, 6.07) is 20.8. The first kappa shape index (κ1) is 22.4. The molecular formula is C25H23NO6. The lowest BCUT2D eigenvalue weighted by Crippen LogP contribution is -2.27. The van der Waals surface area contributed by atoms with Crippen molar-refractivity contribution in [3.8, 4) is 17.2 Å². The number of methoxy groups -OCH3 is 2. The Bertz CT molecular complexity index is 1080. The topological polar surface area (TPSA) is 94.1 Å². The van der Waals surface area contributed by atoms with Crippen LogP contribution in [0.25, 0.3) is 6.08 Å². The minimum atomic E-state index is -1.23. The van der Waals surface area contributed by atoms with Crippen LogP contribution in [0.5, 0.6) is 17.2 Å². The Balaban J connectivity index is 1.68. The maximum atomic E-state index is 12.3. The first-order valence-corrected chi connectivity index (χ1v) is 9.74. The molecule has 3 aromatic carbocycles. The van der Waals surface area contributed by atoms with E-state index in [9.17, 15) is 14.7 Å². The number of carbonyl (C=O) groups is 2. The fourth-order valence-electron chi connectivity index (χ4n) is 2.88. The molecule has 32 heavy (non-hydrogen) atoms. The highest BCUT2D eigenvalue weighted by Gasteiger charge is 2.13. The van der Waals surface area contributed by atoms with E-state index in [0.29, 0.717) is 35.0 Å². The average Bonchev–Trinajstić information content (AvgIpc) is 2.83. The summed E-state index contributed by atoms with van der Waals surface area (Å²) in [4.78, 5) is 23.8. The summed E-state index contributed by atoms with van der Waals surface area (Å²) in [6.07, 6.45) is 1.39. The average molecular weight is 433 g/mol. The molecule has 0 heterocycles. The van der Waals surface area contributed by atoms with Crippen LogP contribution in [-0.2, 0) is 11.4 Å². The number of benzene rings is 3. The van der Waals surface area contributed by atoms with Gasteiger partial charge in [0.25, 0.3) is 5.91 Å². The van der Waals surface area contributed by atoms with Crippen molar-refractivity contribution in [1.82, 2.24) is 5.32 Å². The smallest absolute Gasteiger partial charge is 0.352 e. The number of hydrogen-bond acceptors (Lipinski definition) is 5. The van der Waals surface area contributed by atoms with Gasteiger partial charge in [0.05, 0.1) is 14.2 Å². The molecule has 0 saturated heterocycles. The van der Waals surface area contributed by atoms with E-state index in [4.69, 9.17) is 14.2 Å². The molecule has 0 unspecified atom stereocenters. The number of amides is 1. The summed E-state index contributed by atoms with van der Waals surface area (Å²) in [6.45, 7) is 0.302. The molecule has 3 rings (SSSR count). The number of carbonyl (C=O) groups excluding carboxylic acids is 1. The van der Waals surface area contributed by atoms with Crippen molar-refractivity contribution in [3.63, 3.8) is 0 Å². The van der Waals surface area contributed by atoms with Crippen molar-refractivity contribution < 1.29 is 28.9 Å². The van der Waals surface area contributed by atoms with E-state index < -0.39 is 11.9 Å². The maximum absolute atomic E-state index is 12.3. The predicted molar refractivity (Wildman–Crippen MR) is 120 cm³/mol. The van der Waals surface area contributed by atoms with Crippen LogP contribution in [0.2, 0.25) is 0 Å². The highest BCUT2D eigenvalue weighted by atomic mass is 16.5. The molecule has 1 amide bonds. The molecule has 0 atom stereocenters. The summed E-state index contributed by atoms with van der Waals surface area (Å²) in [5.41, 5.74) is 1.63. The summed E-state index contributed by atoms with van der Waals surface area (Å²) >= 11 is 0. The van der Waals surface area contributed by atoms with E-state index >= 15 is 0 Å². The van der Waals surface area contributed by atoms with Crippen molar-refractivity contribution >= 4 is 18.0 Å². The molecule has 7 heteroatoms. The van der Waals surface area contributed by atoms with Crippen LogP contribution in [0.3, 0.4) is 0 Å². The minimum absolute atomic E-state index is 0.226. The molecule has 0 radical (unpaired) electrons. The fourth-order valence-corrected chi connectivity index (χ4v) is 2.88. The molecule has 0 aromatic heterocycles. The molecule has 0 fully saturated rings. The summed E-state index contributed by atoms with van der Waals surface area (Å²) in [7, 11) is 3.17. The van der Waals surface area contributed by atoms with Crippen LogP contribution in [0.15, 0.2) is 78.5 Å². The van der Waals surface area contributed by atoms with E-state index in [0.717, 1.165) is 5.56 Å². The fraction of sp³-hybridized carbons (Fsp3) is 0.120. The molecule has 3 aromatic rings. The molecule has 0 aliphatic carbocycles. The molecule has 7 nitrogen and oxygen atoms in total. The van der Waals surface area contributed by atoms with Crippen LogP contribution in [0.1, 0.15) is 21.5 Å². The van der Waals surface area contributed by atoms with Crippen LogP contribution < -0.4 is 19.5 Å². The van der Waals surface area contributed by atoms with Gasteiger partial charge in [0, 0.05) is 11.6 Å². The van der Waals surface area contributed by atoms with Crippen LogP contribution >= 0.6 is 0 Å². The van der Waals surface area contributed by atoms with Crippen LogP contribution in [-0.4, -0.2) is 31.2 Å². The molecule has 2 N–H and O–H groups in total. The number of ether oxygens (including phenoxy) is 3. The quantitative estimate of drug-likeness (QED) is 0.493. The Labute approximate surface area is 185 Å². The second-order valence-corrected chi connectivity index (χ2v) is 6.76. The number of hydrogen-bond donors (Lipinski definition) is 2. The van der Waals surface area contributed by atoms with E-state index in [1.807, 2.05) is 12.1 Å². The molecule has 0 bridgehead atoms. The largest absolute Gasteiger partial charge is 0.497 e. The first-order valence-electron chi connectivity index (χ1n) is 9.74. The second-order valence-electron chi connectivity index (χ2n) is 6.76. The Kier molecular flexibility index (Phi) is 7.48. The lowest BCUT2D eigenvalue weighted by atomic mass is 10.1. The first-order chi connectivity index (χ1) is 15.5. The lowest BCUT2D eigenvalue weighted by molar-refractivity contribution is -0.132. The summed E-state index contributed by atoms with van der Waals surface area (Å²) in [5, 5.41) is 11.9. The number of carboxylic acid groups (broad SMARTS) is 1.